The van der Waals surface area contributed by atoms with Gasteiger partial charge in [0.05, 0.1) is 0 Å². The van der Waals surface area contributed by atoms with Crippen molar-refractivity contribution in [1.82, 2.24) is 5.32 Å². The maximum Gasteiger partial charge on any atom is 0.0412 e. The highest BCUT2D eigenvalue weighted by molar-refractivity contribution is 7.10. The van der Waals surface area contributed by atoms with E-state index in [4.69, 9.17) is 0 Å². The molecule has 1 N–H and O–H groups in total. The van der Waals surface area contributed by atoms with E-state index in [2.05, 4.69) is 29.4 Å². The molecule has 0 saturated carbocycles. The molecule has 0 saturated heterocycles. The Morgan fingerprint density at radius 1 is 1.47 bits per heavy atom. The largest absolute Gasteiger partial charge is 0.312 e. The monoisotopic (exact) mass is 223 g/mol. The van der Waals surface area contributed by atoms with Crippen molar-refractivity contribution < 1.29 is 0 Å². The first kappa shape index (κ1) is 12.5. The number of thiophene rings is 1. The second-order valence-corrected chi connectivity index (χ2v) is 4.76. The van der Waals surface area contributed by atoms with Crippen LogP contribution in [0.4, 0.5) is 0 Å². The van der Waals surface area contributed by atoms with Gasteiger partial charge >= 0.3 is 0 Å². The standard InChI is InChI=1S/C13H21NS/c1-3-4-5-6-7-9-12(14-2)13-10-8-11-15-13/h3,8,10-12,14H,1,4-7,9H2,2H3. The van der Waals surface area contributed by atoms with Gasteiger partial charge in [0.1, 0.15) is 0 Å². The highest BCUT2D eigenvalue weighted by Gasteiger charge is 2.08. The average Bonchev–Trinajstić information content (AvgIpc) is 2.77. The summed E-state index contributed by atoms with van der Waals surface area (Å²) >= 11 is 1.85. The van der Waals surface area contributed by atoms with Crippen molar-refractivity contribution in [2.75, 3.05) is 7.05 Å². The Balaban J connectivity index is 2.20. The average molecular weight is 223 g/mol. The van der Waals surface area contributed by atoms with E-state index in [1.165, 1.54) is 30.6 Å². The molecule has 1 nitrogen and oxygen atoms in total. The topological polar surface area (TPSA) is 12.0 Å². The van der Waals surface area contributed by atoms with Gasteiger partial charge in [0.15, 0.2) is 0 Å². The molecule has 0 spiro atoms. The summed E-state index contributed by atoms with van der Waals surface area (Å²) in [5.74, 6) is 0. The molecular weight excluding hydrogens is 202 g/mol. The quantitative estimate of drug-likeness (QED) is 0.516. The zero-order valence-corrected chi connectivity index (χ0v) is 10.4. The van der Waals surface area contributed by atoms with Gasteiger partial charge in [-0.1, -0.05) is 25.0 Å². The van der Waals surface area contributed by atoms with E-state index in [1.807, 2.05) is 24.5 Å². The summed E-state index contributed by atoms with van der Waals surface area (Å²) in [6.07, 6.45) is 8.31. The second-order valence-electron chi connectivity index (χ2n) is 3.78. The molecule has 1 unspecified atom stereocenters. The van der Waals surface area contributed by atoms with Crippen LogP contribution in [0.15, 0.2) is 30.2 Å². The van der Waals surface area contributed by atoms with E-state index in [9.17, 15) is 0 Å². The van der Waals surface area contributed by atoms with E-state index in [1.54, 1.807) is 0 Å². The van der Waals surface area contributed by atoms with Crippen molar-refractivity contribution in [2.45, 2.75) is 38.1 Å². The highest BCUT2D eigenvalue weighted by atomic mass is 32.1. The van der Waals surface area contributed by atoms with Crippen molar-refractivity contribution in [3.8, 4) is 0 Å². The van der Waals surface area contributed by atoms with Crippen LogP contribution >= 0.6 is 11.3 Å². The molecule has 84 valence electrons. The van der Waals surface area contributed by atoms with Gasteiger partial charge in [-0.25, -0.2) is 0 Å². The smallest absolute Gasteiger partial charge is 0.0412 e. The Bertz CT molecular complexity index is 254. The van der Waals surface area contributed by atoms with Crippen LogP contribution in [0.3, 0.4) is 0 Å². The summed E-state index contributed by atoms with van der Waals surface area (Å²) in [4.78, 5) is 1.46. The molecule has 1 rings (SSSR count). The van der Waals surface area contributed by atoms with Gasteiger partial charge in [-0.2, -0.15) is 0 Å². The number of allylic oxidation sites excluding steroid dienone is 1. The minimum Gasteiger partial charge on any atom is -0.312 e. The fourth-order valence-corrected chi connectivity index (χ4v) is 2.60. The summed E-state index contributed by atoms with van der Waals surface area (Å²) in [5.41, 5.74) is 0. The van der Waals surface area contributed by atoms with Gasteiger partial charge in [-0.05, 0) is 37.8 Å². The predicted octanol–water partition coefficient (Wildman–Crippen LogP) is 4.15. The first-order valence-corrected chi connectivity index (χ1v) is 6.58. The third-order valence-electron chi connectivity index (χ3n) is 2.64. The molecule has 2 heteroatoms. The predicted molar refractivity (Wildman–Crippen MR) is 69.4 cm³/mol. The van der Waals surface area contributed by atoms with E-state index < -0.39 is 0 Å². The number of rotatable bonds is 8. The van der Waals surface area contributed by atoms with Gasteiger partial charge in [0.25, 0.3) is 0 Å². The molecule has 0 amide bonds. The zero-order chi connectivity index (χ0) is 10.9. The number of hydrogen-bond acceptors (Lipinski definition) is 2. The molecule has 1 atom stereocenters. The molecule has 0 fully saturated rings. The first-order valence-electron chi connectivity index (χ1n) is 5.70. The third-order valence-corrected chi connectivity index (χ3v) is 3.62. The Morgan fingerprint density at radius 2 is 2.33 bits per heavy atom. The summed E-state index contributed by atoms with van der Waals surface area (Å²) < 4.78 is 0. The molecule has 1 aromatic heterocycles. The van der Waals surface area contributed by atoms with Crippen LogP contribution in [0, 0.1) is 0 Å². The lowest BCUT2D eigenvalue weighted by atomic mass is 10.1. The van der Waals surface area contributed by atoms with Gasteiger partial charge < -0.3 is 5.32 Å². The van der Waals surface area contributed by atoms with Crippen molar-refractivity contribution in [3.05, 3.63) is 35.0 Å². The Kier molecular flexibility index (Phi) is 6.37. The van der Waals surface area contributed by atoms with Crippen molar-refractivity contribution >= 4 is 11.3 Å². The second kappa shape index (κ2) is 7.66. The number of unbranched alkanes of at least 4 members (excludes halogenated alkanes) is 3. The fraction of sp³-hybridized carbons (Fsp3) is 0.538. The SMILES string of the molecule is C=CCCCCCC(NC)c1cccs1. The minimum absolute atomic E-state index is 0.550. The lowest BCUT2D eigenvalue weighted by molar-refractivity contribution is 0.514. The van der Waals surface area contributed by atoms with Crippen molar-refractivity contribution in [2.24, 2.45) is 0 Å². The fourth-order valence-electron chi connectivity index (χ4n) is 1.73. The van der Waals surface area contributed by atoms with Crippen LogP contribution in [0.2, 0.25) is 0 Å². The Hall–Kier alpha value is -0.600. The molecule has 1 aromatic rings. The maximum absolute atomic E-state index is 3.74. The molecular formula is C13H21NS. The molecule has 0 aromatic carbocycles. The minimum atomic E-state index is 0.550. The van der Waals surface area contributed by atoms with Crippen LogP contribution in [0.1, 0.15) is 43.0 Å². The van der Waals surface area contributed by atoms with E-state index in [0.717, 1.165) is 6.42 Å². The molecule has 0 aliphatic rings. The summed E-state index contributed by atoms with van der Waals surface area (Å²) in [7, 11) is 2.05. The van der Waals surface area contributed by atoms with Gasteiger partial charge in [-0.3, -0.25) is 0 Å². The maximum atomic E-state index is 3.74. The van der Waals surface area contributed by atoms with Crippen LogP contribution in [-0.2, 0) is 0 Å². The van der Waals surface area contributed by atoms with E-state index in [0.29, 0.717) is 6.04 Å². The summed E-state index contributed by atoms with van der Waals surface area (Å²) in [6.45, 7) is 3.74. The van der Waals surface area contributed by atoms with Crippen molar-refractivity contribution in [1.29, 1.82) is 0 Å². The summed E-state index contributed by atoms with van der Waals surface area (Å²) in [6, 6.07) is 4.89. The summed E-state index contributed by atoms with van der Waals surface area (Å²) in [5, 5.41) is 5.54. The molecule has 0 aliphatic heterocycles. The van der Waals surface area contributed by atoms with E-state index in [-0.39, 0.29) is 0 Å². The van der Waals surface area contributed by atoms with Crippen LogP contribution in [0.25, 0.3) is 0 Å². The lowest BCUT2D eigenvalue weighted by Gasteiger charge is -2.13. The van der Waals surface area contributed by atoms with Gasteiger partial charge in [-0.15, -0.1) is 17.9 Å². The first-order chi connectivity index (χ1) is 7.38. The van der Waals surface area contributed by atoms with Gasteiger partial charge in [0, 0.05) is 10.9 Å². The number of nitrogens with one attached hydrogen (secondary N) is 1. The molecule has 0 radical (unpaired) electrons. The third kappa shape index (κ3) is 4.63. The highest BCUT2D eigenvalue weighted by Crippen LogP contribution is 2.23. The zero-order valence-electron chi connectivity index (χ0n) is 9.54. The van der Waals surface area contributed by atoms with E-state index >= 15 is 0 Å². The van der Waals surface area contributed by atoms with Crippen LogP contribution < -0.4 is 5.32 Å². The number of hydrogen-bond donors (Lipinski definition) is 1. The van der Waals surface area contributed by atoms with Crippen LogP contribution in [0.5, 0.6) is 0 Å². The Morgan fingerprint density at radius 3 is 2.93 bits per heavy atom. The lowest BCUT2D eigenvalue weighted by Crippen LogP contribution is -2.14. The molecule has 1 heterocycles. The molecule has 15 heavy (non-hydrogen) atoms. The van der Waals surface area contributed by atoms with Gasteiger partial charge in [0.2, 0.25) is 0 Å². The molecule has 0 aliphatic carbocycles. The van der Waals surface area contributed by atoms with Crippen molar-refractivity contribution in [3.63, 3.8) is 0 Å². The normalized spacial score (nSPS) is 12.6. The Labute approximate surface area is 97.2 Å². The molecule has 0 bridgehead atoms. The van der Waals surface area contributed by atoms with Crippen LogP contribution in [-0.4, -0.2) is 7.05 Å².